The molecule has 0 spiro atoms. The summed E-state index contributed by atoms with van der Waals surface area (Å²) in [6.45, 7) is 0. The summed E-state index contributed by atoms with van der Waals surface area (Å²) in [5.41, 5.74) is 15.4. The molecule has 0 bridgehead atoms. The molecule has 0 amide bonds. The van der Waals surface area contributed by atoms with Crippen molar-refractivity contribution in [3.63, 3.8) is 0 Å². The Kier molecular flexibility index (Phi) is 6.93. The first-order valence-corrected chi connectivity index (χ1v) is 19.6. The molecule has 0 atom stereocenters. The van der Waals surface area contributed by atoms with E-state index in [1.54, 1.807) is 0 Å². The molecule has 0 aliphatic carbocycles. The Hall–Kier alpha value is -7.62. The van der Waals surface area contributed by atoms with E-state index in [0.717, 1.165) is 17.1 Å². The molecule has 9 aromatic carbocycles. The summed E-state index contributed by atoms with van der Waals surface area (Å²) in [7, 11) is 0. The van der Waals surface area contributed by atoms with E-state index in [-0.39, 0.29) is 0 Å². The monoisotopic (exact) mass is 725 g/mol. The third kappa shape index (κ3) is 4.60. The van der Waals surface area contributed by atoms with Gasteiger partial charge in [-0.05, 0) is 60.2 Å². The number of hydrogen-bond donors (Lipinski definition) is 0. The van der Waals surface area contributed by atoms with Gasteiger partial charge in [0.2, 0.25) is 0 Å². The van der Waals surface area contributed by atoms with Crippen LogP contribution >= 0.6 is 0 Å². The second kappa shape index (κ2) is 12.5. The van der Waals surface area contributed by atoms with Gasteiger partial charge in [0.1, 0.15) is 0 Å². The first-order valence-electron chi connectivity index (χ1n) is 19.6. The Balaban J connectivity index is 1.20. The molecule has 3 heterocycles. The molecule has 3 heteroatoms. The van der Waals surface area contributed by atoms with Gasteiger partial charge >= 0.3 is 0 Å². The van der Waals surface area contributed by atoms with Gasteiger partial charge in [-0.3, -0.25) is 0 Å². The van der Waals surface area contributed by atoms with Crippen LogP contribution in [0.4, 0.5) is 0 Å². The molecule has 12 aromatic rings. The molecule has 12 rings (SSSR count). The zero-order valence-electron chi connectivity index (χ0n) is 31.0. The van der Waals surface area contributed by atoms with Crippen LogP contribution in [0.2, 0.25) is 0 Å². The minimum absolute atomic E-state index is 1.14. The predicted octanol–water partition coefficient (Wildman–Crippen LogP) is 14.3. The van der Waals surface area contributed by atoms with Crippen LogP contribution < -0.4 is 0 Å². The number of nitrogens with zero attached hydrogens (tertiary/aromatic N) is 3. The number of aromatic nitrogens is 3. The fourth-order valence-corrected chi connectivity index (χ4v) is 9.55. The first kappa shape index (κ1) is 31.7. The first-order chi connectivity index (χ1) is 28.3. The highest BCUT2D eigenvalue weighted by atomic mass is 15.0. The van der Waals surface area contributed by atoms with Crippen LogP contribution in [-0.4, -0.2) is 13.7 Å². The molecule has 0 saturated carbocycles. The highest BCUT2D eigenvalue weighted by molar-refractivity contribution is 6.29. The molecule has 266 valence electrons. The van der Waals surface area contributed by atoms with Crippen LogP contribution in [0, 0.1) is 0 Å². The number of fused-ring (bicyclic) bond motifs is 10. The van der Waals surface area contributed by atoms with Crippen LogP contribution in [-0.2, 0) is 0 Å². The van der Waals surface area contributed by atoms with Crippen molar-refractivity contribution in [3.05, 3.63) is 212 Å². The highest BCUT2D eigenvalue weighted by Gasteiger charge is 2.24. The van der Waals surface area contributed by atoms with E-state index >= 15 is 0 Å². The molecule has 0 unspecified atom stereocenters. The molecule has 0 fully saturated rings. The molecule has 0 aliphatic heterocycles. The van der Waals surface area contributed by atoms with Crippen molar-refractivity contribution in [1.82, 2.24) is 13.7 Å². The van der Waals surface area contributed by atoms with Crippen molar-refractivity contribution in [2.75, 3.05) is 0 Å². The summed E-state index contributed by atoms with van der Waals surface area (Å²) in [6, 6.07) is 77.3. The van der Waals surface area contributed by atoms with Gasteiger partial charge in [-0.15, -0.1) is 0 Å². The lowest BCUT2D eigenvalue weighted by atomic mass is 9.99. The Morgan fingerprint density at radius 2 is 0.684 bits per heavy atom. The average molecular weight is 726 g/mol. The fraction of sp³-hybridized carbons (Fsp3) is 0. The summed E-state index contributed by atoms with van der Waals surface area (Å²) < 4.78 is 7.40. The zero-order valence-corrected chi connectivity index (χ0v) is 31.0. The summed E-state index contributed by atoms with van der Waals surface area (Å²) in [5, 5.41) is 7.52. The van der Waals surface area contributed by atoms with Gasteiger partial charge in [0.05, 0.1) is 38.8 Å². The van der Waals surface area contributed by atoms with E-state index in [1.807, 2.05) is 0 Å². The molecule has 0 N–H and O–H groups in total. The molecule has 0 radical (unpaired) electrons. The van der Waals surface area contributed by atoms with Gasteiger partial charge in [0.25, 0.3) is 0 Å². The highest BCUT2D eigenvalue weighted by Crippen LogP contribution is 2.46. The molecular formula is C54H35N3. The van der Waals surface area contributed by atoms with E-state index < -0.39 is 0 Å². The minimum atomic E-state index is 1.14. The largest absolute Gasteiger partial charge is 0.309 e. The second-order valence-electron chi connectivity index (χ2n) is 14.9. The van der Waals surface area contributed by atoms with Crippen molar-refractivity contribution in [2.45, 2.75) is 0 Å². The molecule has 57 heavy (non-hydrogen) atoms. The van der Waals surface area contributed by atoms with Gasteiger partial charge in [0, 0.05) is 60.4 Å². The van der Waals surface area contributed by atoms with Gasteiger partial charge in [-0.1, -0.05) is 158 Å². The van der Waals surface area contributed by atoms with Crippen molar-refractivity contribution >= 4 is 65.4 Å². The maximum atomic E-state index is 2.50. The summed E-state index contributed by atoms with van der Waals surface area (Å²) >= 11 is 0. The maximum absolute atomic E-state index is 2.50. The normalized spacial score (nSPS) is 11.9. The summed E-state index contributed by atoms with van der Waals surface area (Å²) in [5.74, 6) is 0. The van der Waals surface area contributed by atoms with Gasteiger partial charge in [-0.25, -0.2) is 0 Å². The third-order valence-electron chi connectivity index (χ3n) is 11.8. The number of hydrogen-bond acceptors (Lipinski definition) is 0. The maximum Gasteiger partial charge on any atom is 0.0620 e. The van der Waals surface area contributed by atoms with E-state index in [9.17, 15) is 0 Å². The van der Waals surface area contributed by atoms with Crippen molar-refractivity contribution < 1.29 is 0 Å². The SMILES string of the molecule is c1ccc(-c2cccc3c4cccc(-c5ccccc5-n5c6ccccc6c6c7c8ccccc8n(-c8ccccc8)c7ccc65)c4n(-c4ccccc4)c23)cc1. The lowest BCUT2D eigenvalue weighted by Crippen LogP contribution is -2.00. The molecule has 0 aliphatic rings. The second-order valence-corrected chi connectivity index (χ2v) is 14.9. The van der Waals surface area contributed by atoms with Gasteiger partial charge in [-0.2, -0.15) is 0 Å². The Morgan fingerprint density at radius 3 is 1.33 bits per heavy atom. The predicted molar refractivity (Wildman–Crippen MR) is 240 cm³/mol. The molecule has 3 aromatic heterocycles. The van der Waals surface area contributed by atoms with Crippen LogP contribution in [0.15, 0.2) is 212 Å². The van der Waals surface area contributed by atoms with Crippen molar-refractivity contribution in [2.24, 2.45) is 0 Å². The van der Waals surface area contributed by atoms with Crippen LogP contribution in [0.1, 0.15) is 0 Å². The van der Waals surface area contributed by atoms with Crippen LogP contribution in [0.25, 0.3) is 105 Å². The topological polar surface area (TPSA) is 14.8 Å². The molecule has 3 nitrogen and oxygen atoms in total. The fourth-order valence-electron chi connectivity index (χ4n) is 9.55. The Morgan fingerprint density at radius 1 is 0.246 bits per heavy atom. The average Bonchev–Trinajstić information content (AvgIpc) is 3.93. The van der Waals surface area contributed by atoms with Crippen molar-refractivity contribution in [3.8, 4) is 39.3 Å². The van der Waals surface area contributed by atoms with E-state index in [4.69, 9.17) is 0 Å². The lowest BCUT2D eigenvalue weighted by Gasteiger charge is -2.17. The molecular weight excluding hydrogens is 691 g/mol. The van der Waals surface area contributed by atoms with Gasteiger partial charge < -0.3 is 13.7 Å². The smallest absolute Gasteiger partial charge is 0.0620 e. The third-order valence-corrected chi connectivity index (χ3v) is 11.8. The van der Waals surface area contributed by atoms with Crippen LogP contribution in [0.3, 0.4) is 0 Å². The summed E-state index contributed by atoms with van der Waals surface area (Å²) in [4.78, 5) is 0. The number of benzene rings is 9. The van der Waals surface area contributed by atoms with E-state index in [0.29, 0.717) is 0 Å². The number of para-hydroxylation sites is 7. The lowest BCUT2D eigenvalue weighted by molar-refractivity contribution is 1.17. The Labute approximate surface area is 329 Å². The van der Waals surface area contributed by atoms with Gasteiger partial charge in [0.15, 0.2) is 0 Å². The zero-order chi connectivity index (χ0) is 37.5. The van der Waals surface area contributed by atoms with E-state index in [1.165, 1.54) is 87.7 Å². The molecule has 0 saturated heterocycles. The van der Waals surface area contributed by atoms with E-state index in [2.05, 4.69) is 226 Å². The van der Waals surface area contributed by atoms with Crippen LogP contribution in [0.5, 0.6) is 0 Å². The summed E-state index contributed by atoms with van der Waals surface area (Å²) in [6.07, 6.45) is 0. The quantitative estimate of drug-likeness (QED) is 0.168. The Bertz CT molecular complexity index is 3500. The van der Waals surface area contributed by atoms with Crippen molar-refractivity contribution in [1.29, 1.82) is 0 Å². The number of rotatable bonds is 5. The minimum Gasteiger partial charge on any atom is -0.309 e. The standard InChI is InChI=1S/C54H35N3/c1-4-18-36(19-5-1)39-27-16-29-42-43-30-17-28-41(54(43)56(53(39)42)38-22-8-3-9-23-38)40-24-10-13-31-46(40)57-48-33-15-12-26-45(48)52-50(57)35-34-49-51(52)44-25-11-14-32-47(44)55(49)37-20-6-2-7-21-37/h1-35H.